The van der Waals surface area contributed by atoms with Gasteiger partial charge in [0.15, 0.2) is 0 Å². The van der Waals surface area contributed by atoms with Crippen LogP contribution in [0.5, 0.6) is 0 Å². The van der Waals surface area contributed by atoms with E-state index in [2.05, 4.69) is 4.98 Å². The summed E-state index contributed by atoms with van der Waals surface area (Å²) < 4.78 is 0. The van der Waals surface area contributed by atoms with E-state index in [1.165, 1.54) is 0 Å². The second-order valence-corrected chi connectivity index (χ2v) is 3.61. The summed E-state index contributed by atoms with van der Waals surface area (Å²) in [4.78, 5) is 15.0. The lowest BCUT2D eigenvalue weighted by Crippen LogP contribution is -1.88. The van der Waals surface area contributed by atoms with Crippen LogP contribution in [0.3, 0.4) is 0 Å². The fourth-order valence-electron chi connectivity index (χ4n) is 1.23. The second kappa shape index (κ2) is 3.56. The van der Waals surface area contributed by atoms with E-state index >= 15 is 0 Å². The molecular weight excluding hydrogens is 221 g/mol. The van der Waals surface area contributed by atoms with Crippen LogP contribution in [0.4, 0.5) is 0 Å². The Hall–Kier alpha value is -1.12. The number of carbonyl (C=O) groups is 1. The molecule has 0 atom stereocenters. The maximum absolute atomic E-state index is 10.9. The molecule has 1 heterocycles. The van der Waals surface area contributed by atoms with Crippen LogP contribution >= 0.6 is 23.2 Å². The number of rotatable bonds is 1. The summed E-state index contributed by atoms with van der Waals surface area (Å²) in [6.07, 6.45) is 1.56. The second-order valence-electron chi connectivity index (χ2n) is 2.83. The third-order valence-corrected chi connectivity index (χ3v) is 2.30. The van der Waals surface area contributed by atoms with E-state index in [0.717, 1.165) is 10.9 Å². The summed E-state index contributed by atoms with van der Waals surface area (Å²) in [5.41, 5.74) is 1.24. The van der Waals surface area contributed by atoms with Gasteiger partial charge in [-0.1, -0.05) is 11.6 Å². The van der Waals surface area contributed by atoms with Gasteiger partial charge in [-0.25, -0.2) is 0 Å². The van der Waals surface area contributed by atoms with Crippen molar-refractivity contribution in [3.8, 4) is 0 Å². The minimum absolute atomic E-state index is 0.447. The van der Waals surface area contributed by atoms with Crippen molar-refractivity contribution in [2.24, 2.45) is 0 Å². The van der Waals surface area contributed by atoms with Crippen LogP contribution in [0.1, 0.15) is 10.4 Å². The van der Waals surface area contributed by atoms with Gasteiger partial charge in [-0.05, 0) is 35.9 Å². The predicted octanol–water partition coefficient (Wildman–Crippen LogP) is 3.27. The predicted molar refractivity (Wildman–Crippen MR) is 56.9 cm³/mol. The van der Waals surface area contributed by atoms with Crippen LogP contribution in [0.15, 0.2) is 30.5 Å². The molecule has 2 rings (SSSR count). The number of hydrogen-bond acceptors (Lipinski definition) is 2. The van der Waals surface area contributed by atoms with E-state index in [1.807, 2.05) is 0 Å². The number of pyridine rings is 1. The number of aromatic nitrogens is 1. The van der Waals surface area contributed by atoms with Crippen LogP contribution in [-0.4, -0.2) is 10.2 Å². The lowest BCUT2D eigenvalue weighted by atomic mass is 10.1. The standard InChI is InChI=1S/C10H5Cl2NO/c11-8-4-7-3-6(10(12)14)1-2-9(7)13-5-8/h1-5H. The summed E-state index contributed by atoms with van der Waals surface area (Å²) in [5, 5.41) is 0.868. The molecule has 0 bridgehead atoms. The zero-order valence-electron chi connectivity index (χ0n) is 7.00. The summed E-state index contributed by atoms with van der Waals surface area (Å²) in [6, 6.07) is 6.79. The number of halogens is 2. The first-order valence-electron chi connectivity index (χ1n) is 3.92. The molecule has 0 amide bonds. The maximum Gasteiger partial charge on any atom is 0.252 e. The van der Waals surface area contributed by atoms with Crippen LogP contribution in [-0.2, 0) is 0 Å². The highest BCUT2D eigenvalue weighted by Gasteiger charge is 2.03. The summed E-state index contributed by atoms with van der Waals surface area (Å²) in [5.74, 6) is 0. The van der Waals surface area contributed by atoms with Crippen molar-refractivity contribution in [3.63, 3.8) is 0 Å². The Morgan fingerprint density at radius 3 is 2.79 bits per heavy atom. The van der Waals surface area contributed by atoms with Crippen molar-refractivity contribution in [2.45, 2.75) is 0 Å². The quantitative estimate of drug-likeness (QED) is 0.698. The van der Waals surface area contributed by atoms with Gasteiger partial charge in [-0.15, -0.1) is 0 Å². The SMILES string of the molecule is O=C(Cl)c1ccc2ncc(Cl)cc2c1. The third kappa shape index (κ3) is 1.72. The molecule has 0 unspecified atom stereocenters. The molecule has 0 spiro atoms. The minimum atomic E-state index is -0.480. The van der Waals surface area contributed by atoms with Gasteiger partial charge in [0, 0.05) is 17.1 Å². The molecule has 1 aromatic heterocycles. The topological polar surface area (TPSA) is 30.0 Å². The zero-order valence-corrected chi connectivity index (χ0v) is 8.51. The van der Waals surface area contributed by atoms with Crippen molar-refractivity contribution in [2.75, 3.05) is 0 Å². The zero-order chi connectivity index (χ0) is 10.1. The van der Waals surface area contributed by atoms with Gasteiger partial charge in [0.05, 0.1) is 10.5 Å². The first-order valence-corrected chi connectivity index (χ1v) is 4.67. The Morgan fingerprint density at radius 2 is 2.07 bits per heavy atom. The first-order chi connectivity index (χ1) is 6.66. The molecule has 14 heavy (non-hydrogen) atoms. The number of carbonyl (C=O) groups excluding carboxylic acids is 1. The molecular formula is C10H5Cl2NO. The number of nitrogens with zero attached hydrogens (tertiary/aromatic N) is 1. The number of benzene rings is 1. The van der Waals surface area contributed by atoms with Crippen molar-refractivity contribution in [1.29, 1.82) is 0 Å². The van der Waals surface area contributed by atoms with Crippen LogP contribution in [0.25, 0.3) is 10.9 Å². The first kappa shape index (κ1) is 9.44. The van der Waals surface area contributed by atoms with E-state index < -0.39 is 5.24 Å². The van der Waals surface area contributed by atoms with E-state index in [4.69, 9.17) is 23.2 Å². The number of hydrogen-bond donors (Lipinski definition) is 0. The average Bonchev–Trinajstić information content (AvgIpc) is 2.16. The lowest BCUT2D eigenvalue weighted by molar-refractivity contribution is 0.108. The average molecular weight is 226 g/mol. The molecule has 0 aliphatic heterocycles. The van der Waals surface area contributed by atoms with Crippen LogP contribution in [0, 0.1) is 0 Å². The maximum atomic E-state index is 10.9. The fourth-order valence-corrected chi connectivity index (χ4v) is 1.51. The Morgan fingerprint density at radius 1 is 1.29 bits per heavy atom. The van der Waals surface area contributed by atoms with Gasteiger partial charge in [-0.2, -0.15) is 0 Å². The fraction of sp³-hybridized carbons (Fsp3) is 0. The van der Waals surface area contributed by atoms with E-state index in [9.17, 15) is 4.79 Å². The van der Waals surface area contributed by atoms with Gasteiger partial charge in [-0.3, -0.25) is 9.78 Å². The van der Waals surface area contributed by atoms with Gasteiger partial charge in [0.25, 0.3) is 5.24 Å². The highest BCUT2D eigenvalue weighted by Crippen LogP contribution is 2.18. The smallest absolute Gasteiger partial charge is 0.252 e. The molecule has 0 radical (unpaired) electrons. The van der Waals surface area contributed by atoms with Gasteiger partial charge in [0.1, 0.15) is 0 Å². The largest absolute Gasteiger partial charge is 0.276 e. The molecule has 0 saturated carbocycles. The monoisotopic (exact) mass is 225 g/mol. The Labute approximate surface area is 90.5 Å². The van der Waals surface area contributed by atoms with Gasteiger partial charge < -0.3 is 0 Å². The normalized spacial score (nSPS) is 10.4. The highest BCUT2D eigenvalue weighted by molar-refractivity contribution is 6.67. The Bertz CT molecular complexity index is 510. The Kier molecular flexibility index (Phi) is 2.40. The lowest BCUT2D eigenvalue weighted by Gasteiger charge is -1.99. The Balaban J connectivity index is 2.69. The van der Waals surface area contributed by atoms with E-state index in [-0.39, 0.29) is 0 Å². The van der Waals surface area contributed by atoms with E-state index in [1.54, 1.807) is 30.5 Å². The summed E-state index contributed by atoms with van der Waals surface area (Å²) >= 11 is 11.1. The molecule has 0 saturated heterocycles. The molecule has 0 aliphatic carbocycles. The molecule has 2 aromatic rings. The summed E-state index contributed by atoms with van der Waals surface area (Å²) in [7, 11) is 0. The molecule has 4 heteroatoms. The van der Waals surface area contributed by atoms with Gasteiger partial charge in [0.2, 0.25) is 0 Å². The van der Waals surface area contributed by atoms with Crippen molar-refractivity contribution in [1.82, 2.24) is 4.98 Å². The molecule has 1 aromatic carbocycles. The van der Waals surface area contributed by atoms with Crippen LogP contribution in [0.2, 0.25) is 5.02 Å². The van der Waals surface area contributed by atoms with Crippen molar-refractivity contribution >= 4 is 39.3 Å². The molecule has 0 aliphatic rings. The minimum Gasteiger partial charge on any atom is -0.276 e. The van der Waals surface area contributed by atoms with Crippen molar-refractivity contribution < 1.29 is 4.79 Å². The molecule has 0 fully saturated rings. The third-order valence-electron chi connectivity index (χ3n) is 1.87. The van der Waals surface area contributed by atoms with E-state index in [0.29, 0.717) is 10.6 Å². The van der Waals surface area contributed by atoms with Crippen LogP contribution < -0.4 is 0 Å². The van der Waals surface area contributed by atoms with Gasteiger partial charge >= 0.3 is 0 Å². The molecule has 2 nitrogen and oxygen atoms in total. The summed E-state index contributed by atoms with van der Waals surface area (Å²) in [6.45, 7) is 0. The van der Waals surface area contributed by atoms with Crippen molar-refractivity contribution in [3.05, 3.63) is 41.0 Å². The number of fused-ring (bicyclic) bond motifs is 1. The molecule has 70 valence electrons. The highest BCUT2D eigenvalue weighted by atomic mass is 35.5. The molecule has 0 N–H and O–H groups in total.